The van der Waals surface area contributed by atoms with Crippen molar-refractivity contribution < 1.29 is 0 Å². The zero-order chi connectivity index (χ0) is 11.0. The van der Waals surface area contributed by atoms with E-state index in [-0.39, 0.29) is 0 Å². The van der Waals surface area contributed by atoms with E-state index in [4.69, 9.17) is 0 Å². The first-order valence-electron chi connectivity index (χ1n) is 4.83. The van der Waals surface area contributed by atoms with Crippen molar-refractivity contribution in [3.05, 3.63) is 22.7 Å². The second-order valence-corrected chi connectivity index (χ2v) is 4.24. The lowest BCUT2D eigenvalue weighted by Gasteiger charge is -2.02. The minimum atomic E-state index is 0.902. The molecular formula is C10H13BrN4. The molecule has 0 unspecified atom stereocenters. The predicted molar refractivity (Wildman–Crippen MR) is 62.5 cm³/mol. The molecular weight excluding hydrogens is 256 g/mol. The highest BCUT2D eigenvalue weighted by atomic mass is 79.9. The molecule has 0 saturated heterocycles. The largest absolute Gasteiger partial charge is 0.345 e. The van der Waals surface area contributed by atoms with Crippen LogP contribution in [0.1, 0.15) is 12.5 Å². The van der Waals surface area contributed by atoms with Crippen molar-refractivity contribution in [1.82, 2.24) is 19.3 Å². The van der Waals surface area contributed by atoms with Crippen molar-refractivity contribution >= 4 is 15.9 Å². The fraction of sp³-hybridized carbons (Fsp3) is 0.400. The van der Waals surface area contributed by atoms with Crippen LogP contribution in [0.4, 0.5) is 0 Å². The van der Waals surface area contributed by atoms with Gasteiger partial charge in [-0.2, -0.15) is 5.10 Å². The third kappa shape index (κ3) is 1.61. The molecule has 0 spiro atoms. The van der Waals surface area contributed by atoms with Gasteiger partial charge in [-0.15, -0.1) is 0 Å². The Kier molecular flexibility index (Phi) is 2.65. The molecule has 2 heterocycles. The zero-order valence-corrected chi connectivity index (χ0v) is 10.6. The van der Waals surface area contributed by atoms with Gasteiger partial charge in [0, 0.05) is 20.3 Å². The van der Waals surface area contributed by atoms with Crippen LogP contribution in [0.3, 0.4) is 0 Å². The lowest BCUT2D eigenvalue weighted by Crippen LogP contribution is -1.96. The van der Waals surface area contributed by atoms with Crippen LogP contribution in [-0.4, -0.2) is 19.3 Å². The van der Waals surface area contributed by atoms with Gasteiger partial charge in [0.15, 0.2) is 5.82 Å². The van der Waals surface area contributed by atoms with E-state index in [0.29, 0.717) is 0 Å². The lowest BCUT2D eigenvalue weighted by atomic mass is 10.1. The highest BCUT2D eigenvalue weighted by molar-refractivity contribution is 9.10. The van der Waals surface area contributed by atoms with Gasteiger partial charge in [-0.1, -0.05) is 6.92 Å². The van der Waals surface area contributed by atoms with Gasteiger partial charge >= 0.3 is 0 Å². The molecule has 0 amide bonds. The molecule has 0 N–H and O–H groups in total. The number of halogens is 1. The van der Waals surface area contributed by atoms with Gasteiger partial charge in [0.25, 0.3) is 0 Å². The normalized spacial score (nSPS) is 10.9. The summed E-state index contributed by atoms with van der Waals surface area (Å²) >= 11 is 3.58. The molecule has 0 atom stereocenters. The fourth-order valence-corrected chi connectivity index (χ4v) is 2.22. The summed E-state index contributed by atoms with van der Waals surface area (Å²) in [4.78, 5) is 4.28. The van der Waals surface area contributed by atoms with Crippen LogP contribution in [-0.2, 0) is 20.5 Å². The van der Waals surface area contributed by atoms with E-state index in [1.165, 1.54) is 5.56 Å². The van der Waals surface area contributed by atoms with Crippen molar-refractivity contribution in [3.8, 4) is 11.4 Å². The molecule has 0 aliphatic carbocycles. The van der Waals surface area contributed by atoms with Crippen LogP contribution in [0, 0.1) is 0 Å². The first-order valence-corrected chi connectivity index (χ1v) is 5.62. The van der Waals surface area contributed by atoms with E-state index in [2.05, 4.69) is 43.7 Å². The molecule has 2 rings (SSSR count). The Morgan fingerprint density at radius 1 is 1.40 bits per heavy atom. The summed E-state index contributed by atoms with van der Waals surface area (Å²) in [6, 6.07) is 0. The first-order chi connectivity index (χ1) is 7.15. The summed E-state index contributed by atoms with van der Waals surface area (Å²) in [7, 11) is 3.92. The van der Waals surface area contributed by atoms with Crippen LogP contribution in [0.25, 0.3) is 11.4 Å². The van der Waals surface area contributed by atoms with E-state index in [1.807, 2.05) is 14.1 Å². The summed E-state index contributed by atoms with van der Waals surface area (Å²) in [5.41, 5.74) is 2.42. The predicted octanol–water partition coefficient (Wildman–Crippen LogP) is 2.15. The SMILES string of the molecule is CCc1cn(C)c(Br)c1-c1ncnn1C. The molecule has 2 aromatic heterocycles. The Hall–Kier alpha value is -1.10. The Morgan fingerprint density at radius 3 is 2.67 bits per heavy atom. The number of hydrogen-bond acceptors (Lipinski definition) is 2. The number of hydrogen-bond donors (Lipinski definition) is 0. The first kappa shape index (κ1) is 10.4. The Balaban J connectivity index is 2.66. The number of aromatic nitrogens is 4. The van der Waals surface area contributed by atoms with Gasteiger partial charge in [-0.05, 0) is 27.9 Å². The van der Waals surface area contributed by atoms with Crippen molar-refractivity contribution in [3.63, 3.8) is 0 Å². The summed E-state index contributed by atoms with van der Waals surface area (Å²) in [5, 5.41) is 4.09. The third-order valence-electron chi connectivity index (χ3n) is 2.50. The highest BCUT2D eigenvalue weighted by Crippen LogP contribution is 2.31. The van der Waals surface area contributed by atoms with E-state index in [1.54, 1.807) is 11.0 Å². The average molecular weight is 269 g/mol. The molecule has 80 valence electrons. The van der Waals surface area contributed by atoms with E-state index < -0.39 is 0 Å². The number of rotatable bonds is 2. The van der Waals surface area contributed by atoms with Crippen LogP contribution in [0.15, 0.2) is 17.1 Å². The van der Waals surface area contributed by atoms with Crippen molar-refractivity contribution in [1.29, 1.82) is 0 Å². The van der Waals surface area contributed by atoms with Gasteiger partial charge in [0.2, 0.25) is 0 Å². The van der Waals surface area contributed by atoms with Crippen LogP contribution >= 0.6 is 15.9 Å². The summed E-state index contributed by atoms with van der Waals surface area (Å²) in [6.45, 7) is 2.14. The lowest BCUT2D eigenvalue weighted by molar-refractivity contribution is 0.772. The van der Waals surface area contributed by atoms with E-state index >= 15 is 0 Å². The van der Waals surface area contributed by atoms with E-state index in [0.717, 1.165) is 22.4 Å². The zero-order valence-electron chi connectivity index (χ0n) is 9.03. The molecule has 0 aliphatic rings. The Labute approximate surface area is 97.1 Å². The van der Waals surface area contributed by atoms with Crippen molar-refractivity contribution in [2.45, 2.75) is 13.3 Å². The molecule has 2 aromatic rings. The van der Waals surface area contributed by atoms with Gasteiger partial charge in [0.1, 0.15) is 6.33 Å². The molecule has 0 aromatic carbocycles. The number of aryl methyl sites for hydroxylation is 3. The molecule has 0 saturated carbocycles. The monoisotopic (exact) mass is 268 g/mol. The summed E-state index contributed by atoms with van der Waals surface area (Å²) < 4.78 is 4.90. The quantitative estimate of drug-likeness (QED) is 0.837. The molecule has 4 nitrogen and oxygen atoms in total. The smallest absolute Gasteiger partial charge is 0.160 e. The fourth-order valence-electron chi connectivity index (χ4n) is 1.69. The minimum Gasteiger partial charge on any atom is -0.345 e. The molecule has 0 fully saturated rings. The van der Waals surface area contributed by atoms with Gasteiger partial charge < -0.3 is 4.57 Å². The second kappa shape index (κ2) is 3.81. The summed E-state index contributed by atoms with van der Waals surface area (Å²) in [5.74, 6) is 0.902. The average Bonchev–Trinajstić information content (AvgIpc) is 2.73. The minimum absolute atomic E-state index is 0.902. The molecule has 0 bridgehead atoms. The summed E-state index contributed by atoms with van der Waals surface area (Å²) in [6.07, 6.45) is 4.68. The van der Waals surface area contributed by atoms with Crippen LogP contribution < -0.4 is 0 Å². The molecule has 15 heavy (non-hydrogen) atoms. The second-order valence-electron chi connectivity index (χ2n) is 3.49. The highest BCUT2D eigenvalue weighted by Gasteiger charge is 2.16. The topological polar surface area (TPSA) is 35.6 Å². The van der Waals surface area contributed by atoms with Gasteiger partial charge in [-0.3, -0.25) is 0 Å². The molecule has 5 heteroatoms. The third-order valence-corrected chi connectivity index (χ3v) is 3.46. The maximum Gasteiger partial charge on any atom is 0.160 e. The standard InChI is InChI=1S/C10H13BrN4/c1-4-7-5-14(2)9(11)8(7)10-12-6-13-15(10)3/h5-6H,4H2,1-3H3. The Bertz CT molecular complexity index is 484. The molecule has 0 radical (unpaired) electrons. The van der Waals surface area contributed by atoms with Crippen molar-refractivity contribution in [2.75, 3.05) is 0 Å². The van der Waals surface area contributed by atoms with Crippen LogP contribution in [0.2, 0.25) is 0 Å². The maximum atomic E-state index is 4.28. The number of nitrogens with zero attached hydrogens (tertiary/aromatic N) is 4. The Morgan fingerprint density at radius 2 is 2.13 bits per heavy atom. The van der Waals surface area contributed by atoms with Crippen molar-refractivity contribution in [2.24, 2.45) is 14.1 Å². The molecule has 0 aliphatic heterocycles. The van der Waals surface area contributed by atoms with Gasteiger partial charge in [0.05, 0.1) is 10.2 Å². The van der Waals surface area contributed by atoms with Gasteiger partial charge in [-0.25, -0.2) is 9.67 Å². The van der Waals surface area contributed by atoms with E-state index in [9.17, 15) is 0 Å². The van der Waals surface area contributed by atoms with Crippen LogP contribution in [0.5, 0.6) is 0 Å². The maximum absolute atomic E-state index is 4.28.